The third kappa shape index (κ3) is 8.59. The van der Waals surface area contributed by atoms with E-state index in [1.54, 1.807) is 0 Å². The first-order valence-corrected chi connectivity index (χ1v) is 10.4. The van der Waals surface area contributed by atoms with Gasteiger partial charge in [0.15, 0.2) is 12.6 Å². The summed E-state index contributed by atoms with van der Waals surface area (Å²) in [4.78, 5) is 8.63. The van der Waals surface area contributed by atoms with Crippen molar-refractivity contribution in [3.05, 3.63) is 0 Å². The fourth-order valence-corrected chi connectivity index (χ4v) is 2.29. The molecule has 0 N–H and O–H groups in total. The van der Waals surface area contributed by atoms with Gasteiger partial charge in [0.1, 0.15) is 33.0 Å². The minimum Gasteiger partial charge on any atom is -0.468 e. The van der Waals surface area contributed by atoms with Gasteiger partial charge in [-0.1, -0.05) is 6.55 Å². The summed E-state index contributed by atoms with van der Waals surface area (Å²) in [6.07, 6.45) is -1.39. The number of ether oxygens (including phenoxy) is 3. The maximum Gasteiger partial charge on any atom is 0.389 e. The summed E-state index contributed by atoms with van der Waals surface area (Å²) in [7, 11) is 1.28. The molecule has 2 unspecified atom stereocenters. The first kappa shape index (κ1) is 20.3. The molecule has 9 nitrogen and oxygen atoms in total. The molecule has 0 radical (unpaired) electrons. The van der Waals surface area contributed by atoms with Crippen molar-refractivity contribution in [2.75, 3.05) is 34.1 Å². The fraction of sp³-hybridized carbons (Fsp3) is 1.00. The van der Waals surface area contributed by atoms with Crippen molar-refractivity contribution in [3.63, 3.8) is 0 Å². The van der Waals surface area contributed by atoms with Crippen molar-refractivity contribution in [3.8, 4) is 0 Å². The van der Waals surface area contributed by atoms with Crippen LogP contribution in [0, 0.1) is 0 Å². The maximum atomic E-state index is 11.9. The summed E-state index contributed by atoms with van der Waals surface area (Å²) in [5, 5.41) is 0. The first-order chi connectivity index (χ1) is 9.55. The molecule has 0 bridgehead atoms. The second-order valence-corrected chi connectivity index (χ2v) is 8.19. The van der Waals surface area contributed by atoms with Crippen molar-refractivity contribution in [2.45, 2.75) is 19.1 Å². The van der Waals surface area contributed by atoms with E-state index in [1.165, 1.54) is 21.3 Å². The Kier molecular flexibility index (Phi) is 12.2. The van der Waals surface area contributed by atoms with Gasteiger partial charge in [-0.3, -0.25) is 4.57 Å². The highest BCUT2D eigenvalue weighted by atomic mass is 31.2. The molecule has 122 valence electrons. The number of rotatable bonds is 8. The monoisotopic (exact) mass is 350 g/mol. The molecule has 0 amide bonds. The highest BCUT2D eigenvalue weighted by Crippen LogP contribution is 2.49. The van der Waals surface area contributed by atoms with Crippen LogP contribution >= 0.6 is 7.60 Å². The molecule has 1 aliphatic heterocycles. The van der Waals surface area contributed by atoms with Crippen molar-refractivity contribution >= 4 is 27.8 Å². The summed E-state index contributed by atoms with van der Waals surface area (Å²) < 4.78 is 41.0. The van der Waals surface area contributed by atoms with Crippen molar-refractivity contribution < 1.29 is 42.0 Å². The van der Waals surface area contributed by atoms with Gasteiger partial charge >= 0.3 is 7.60 Å². The summed E-state index contributed by atoms with van der Waals surface area (Å²) in [6, 6.07) is 0. The molecule has 0 aliphatic carbocycles. The Morgan fingerprint density at radius 1 is 1.30 bits per heavy atom. The van der Waals surface area contributed by atoms with Gasteiger partial charge in [-0.15, -0.1) is 9.35 Å². The normalized spacial score (nSPS) is 23.2. The van der Waals surface area contributed by atoms with Crippen LogP contribution in [0.1, 0.15) is 0 Å². The lowest BCUT2D eigenvalue weighted by Gasteiger charge is -2.16. The Bertz CT molecular complexity index is 271. The SMILES string of the molecule is COOP(=O)(CC1OCC(OC)O1)OOC.C[SiH2]O[SiH3]. The van der Waals surface area contributed by atoms with E-state index >= 15 is 0 Å². The Balaban J connectivity index is 0.000000796. The van der Waals surface area contributed by atoms with Crippen LogP contribution in [0.4, 0.5) is 0 Å². The van der Waals surface area contributed by atoms with Gasteiger partial charge in [-0.05, 0) is 0 Å². The zero-order valence-corrected chi connectivity index (χ0v) is 16.7. The molecule has 0 spiro atoms. The second kappa shape index (κ2) is 11.9. The van der Waals surface area contributed by atoms with Crippen LogP contribution in [0.3, 0.4) is 0 Å². The van der Waals surface area contributed by atoms with E-state index in [9.17, 15) is 4.57 Å². The van der Waals surface area contributed by atoms with Crippen molar-refractivity contribution in [2.24, 2.45) is 0 Å². The molecular formula is C8H23O9PSi2. The van der Waals surface area contributed by atoms with Crippen LogP contribution < -0.4 is 0 Å². The molecule has 1 heterocycles. The molecule has 0 aromatic heterocycles. The van der Waals surface area contributed by atoms with E-state index in [1.807, 2.05) is 0 Å². The molecule has 2 atom stereocenters. The molecule has 1 rings (SSSR count). The Morgan fingerprint density at radius 2 is 1.85 bits per heavy atom. The third-order valence-electron chi connectivity index (χ3n) is 2.02. The molecular weight excluding hydrogens is 327 g/mol. The fourth-order valence-electron chi connectivity index (χ4n) is 1.14. The average Bonchev–Trinajstić information content (AvgIpc) is 2.86. The predicted octanol–water partition coefficient (Wildman–Crippen LogP) is -0.904. The molecule has 1 aliphatic rings. The summed E-state index contributed by atoms with van der Waals surface area (Å²) in [5.74, 6) is 0. The van der Waals surface area contributed by atoms with Gasteiger partial charge in [-0.25, -0.2) is 9.78 Å². The summed E-state index contributed by atoms with van der Waals surface area (Å²) in [6.45, 7) is 2.38. The van der Waals surface area contributed by atoms with Gasteiger partial charge in [0.2, 0.25) is 0 Å². The van der Waals surface area contributed by atoms with Gasteiger partial charge in [0, 0.05) is 7.11 Å². The summed E-state index contributed by atoms with van der Waals surface area (Å²) >= 11 is 0. The van der Waals surface area contributed by atoms with E-state index in [0.717, 1.165) is 10.5 Å². The molecule has 1 fully saturated rings. The van der Waals surface area contributed by atoms with Gasteiger partial charge in [0.25, 0.3) is 0 Å². The zero-order chi connectivity index (χ0) is 15.4. The van der Waals surface area contributed by atoms with Gasteiger partial charge in [0.05, 0.1) is 14.2 Å². The highest BCUT2D eigenvalue weighted by molar-refractivity contribution is 7.53. The van der Waals surface area contributed by atoms with E-state index in [2.05, 4.69) is 25.7 Å². The van der Waals surface area contributed by atoms with E-state index in [0.29, 0.717) is 0 Å². The molecule has 0 aromatic carbocycles. The molecule has 0 saturated carbocycles. The molecule has 1 saturated heterocycles. The second-order valence-electron chi connectivity index (χ2n) is 3.42. The van der Waals surface area contributed by atoms with Crippen LogP contribution in [0.25, 0.3) is 0 Å². The number of hydrogen-bond donors (Lipinski definition) is 0. The first-order valence-electron chi connectivity index (χ1n) is 5.87. The Hall–Kier alpha value is 0.344. The minimum atomic E-state index is -3.56. The lowest BCUT2D eigenvalue weighted by Crippen LogP contribution is -2.18. The van der Waals surface area contributed by atoms with E-state index < -0.39 is 20.2 Å². The topological polar surface area (TPSA) is 90.9 Å². The lowest BCUT2D eigenvalue weighted by molar-refractivity contribution is -0.244. The third-order valence-corrected chi connectivity index (χ3v) is 5.83. The standard InChI is InChI=1S/C7H15O8P.CH8OSi2/c1-9-6-4-12-7(13-6)5-16(8,14-10-2)15-11-3;1-4-2-3/h6-7H,4-5H2,1-3H3;4H2,1,3H3. The van der Waals surface area contributed by atoms with Crippen LogP contribution in [-0.2, 0) is 42.0 Å². The molecule has 0 aromatic rings. The largest absolute Gasteiger partial charge is 0.468 e. The quantitative estimate of drug-likeness (QED) is 0.239. The summed E-state index contributed by atoms with van der Waals surface area (Å²) in [5.41, 5.74) is 0. The van der Waals surface area contributed by atoms with Gasteiger partial charge in [-0.2, -0.15) is 0 Å². The van der Waals surface area contributed by atoms with Crippen LogP contribution in [-0.4, -0.2) is 66.9 Å². The van der Waals surface area contributed by atoms with Crippen LogP contribution in [0.15, 0.2) is 0 Å². The van der Waals surface area contributed by atoms with E-state index in [-0.39, 0.29) is 22.5 Å². The highest BCUT2D eigenvalue weighted by Gasteiger charge is 2.37. The Labute approximate surface area is 124 Å². The molecule has 20 heavy (non-hydrogen) atoms. The lowest BCUT2D eigenvalue weighted by atomic mass is 10.7. The minimum absolute atomic E-state index is 0.0139. The van der Waals surface area contributed by atoms with Crippen LogP contribution in [0.2, 0.25) is 6.55 Å². The van der Waals surface area contributed by atoms with E-state index in [4.69, 9.17) is 18.3 Å². The van der Waals surface area contributed by atoms with Crippen LogP contribution in [0.5, 0.6) is 0 Å². The average molecular weight is 350 g/mol. The maximum absolute atomic E-state index is 11.9. The number of methoxy groups -OCH3 is 1. The zero-order valence-electron chi connectivity index (χ0n) is 12.4. The smallest absolute Gasteiger partial charge is 0.389 e. The Morgan fingerprint density at radius 3 is 2.20 bits per heavy atom. The van der Waals surface area contributed by atoms with Crippen molar-refractivity contribution in [1.82, 2.24) is 0 Å². The number of hydrogen-bond acceptors (Lipinski definition) is 9. The van der Waals surface area contributed by atoms with Gasteiger partial charge < -0.3 is 18.3 Å². The molecule has 12 heteroatoms. The van der Waals surface area contributed by atoms with Crippen molar-refractivity contribution in [1.29, 1.82) is 0 Å². The predicted molar refractivity (Wildman–Crippen MR) is 75.7 cm³/mol.